The lowest BCUT2D eigenvalue weighted by Gasteiger charge is -2.08. The predicted molar refractivity (Wildman–Crippen MR) is 62.7 cm³/mol. The van der Waals surface area contributed by atoms with Crippen LogP contribution in [-0.2, 0) is 7.05 Å². The highest BCUT2D eigenvalue weighted by molar-refractivity contribution is 5.51. The maximum atomic E-state index is 5.77. The van der Waals surface area contributed by atoms with Crippen LogP contribution in [-0.4, -0.2) is 19.5 Å². The number of nitrogen functional groups attached to an aromatic ring is 1. The van der Waals surface area contributed by atoms with E-state index < -0.39 is 0 Å². The molecule has 16 heavy (non-hydrogen) atoms. The minimum absolute atomic E-state index is 0.331. The number of anilines is 1. The van der Waals surface area contributed by atoms with E-state index in [1.54, 1.807) is 12.5 Å². The number of imidazole rings is 1. The molecule has 0 bridgehead atoms. The van der Waals surface area contributed by atoms with Gasteiger partial charge < -0.3 is 10.3 Å². The monoisotopic (exact) mass is 217 g/mol. The van der Waals surface area contributed by atoms with Gasteiger partial charge in [-0.3, -0.25) is 0 Å². The Bertz CT molecular complexity index is 501. The summed E-state index contributed by atoms with van der Waals surface area (Å²) in [7, 11) is 1.91. The number of aryl methyl sites for hydroxylation is 1. The zero-order valence-electron chi connectivity index (χ0n) is 9.68. The van der Waals surface area contributed by atoms with E-state index in [-0.39, 0.29) is 0 Å². The smallest absolute Gasteiger partial charge is 0.180 e. The van der Waals surface area contributed by atoms with Gasteiger partial charge in [-0.15, -0.1) is 0 Å². The zero-order chi connectivity index (χ0) is 11.7. The number of nitrogens with zero attached hydrogens (tertiary/aromatic N) is 4. The average molecular weight is 217 g/mol. The van der Waals surface area contributed by atoms with Gasteiger partial charge in [0.15, 0.2) is 5.82 Å². The van der Waals surface area contributed by atoms with Gasteiger partial charge in [-0.05, 0) is 5.92 Å². The fourth-order valence-corrected chi connectivity index (χ4v) is 1.47. The van der Waals surface area contributed by atoms with Crippen LogP contribution in [0.25, 0.3) is 11.5 Å². The fourth-order valence-electron chi connectivity index (χ4n) is 1.47. The molecule has 5 nitrogen and oxygen atoms in total. The van der Waals surface area contributed by atoms with Crippen molar-refractivity contribution in [3.05, 3.63) is 24.3 Å². The molecule has 2 N–H and O–H groups in total. The molecule has 0 saturated heterocycles. The van der Waals surface area contributed by atoms with Gasteiger partial charge in [0.1, 0.15) is 11.5 Å². The minimum Gasteiger partial charge on any atom is -0.384 e. The van der Waals surface area contributed by atoms with Crippen molar-refractivity contribution in [3.8, 4) is 11.5 Å². The zero-order valence-corrected chi connectivity index (χ0v) is 9.68. The molecule has 0 aromatic carbocycles. The van der Waals surface area contributed by atoms with Crippen LogP contribution in [0.3, 0.4) is 0 Å². The Morgan fingerprint density at radius 2 is 2.06 bits per heavy atom. The maximum Gasteiger partial charge on any atom is 0.180 e. The van der Waals surface area contributed by atoms with Gasteiger partial charge >= 0.3 is 0 Å². The van der Waals surface area contributed by atoms with Crippen molar-refractivity contribution in [1.29, 1.82) is 0 Å². The van der Waals surface area contributed by atoms with Gasteiger partial charge in [0.05, 0.1) is 12.5 Å². The fraction of sp³-hybridized carbons (Fsp3) is 0.364. The SMILES string of the molecule is CC(C)c1cc(N)nc(-c2cncn2C)n1. The van der Waals surface area contributed by atoms with Crippen LogP contribution in [0, 0.1) is 0 Å². The second kappa shape index (κ2) is 3.92. The molecule has 0 aliphatic carbocycles. The normalized spacial score (nSPS) is 11.0. The van der Waals surface area contributed by atoms with Gasteiger partial charge in [-0.2, -0.15) is 0 Å². The quantitative estimate of drug-likeness (QED) is 0.829. The molecular formula is C11H15N5. The molecule has 0 aliphatic rings. The van der Waals surface area contributed by atoms with Crippen molar-refractivity contribution in [2.45, 2.75) is 19.8 Å². The van der Waals surface area contributed by atoms with Crippen LogP contribution in [0.4, 0.5) is 5.82 Å². The molecule has 84 valence electrons. The van der Waals surface area contributed by atoms with Gasteiger partial charge in [-0.25, -0.2) is 15.0 Å². The lowest BCUT2D eigenvalue weighted by molar-refractivity contribution is 0.813. The standard InChI is InChI=1S/C11H15N5/c1-7(2)8-4-10(12)15-11(14-8)9-5-13-6-16(9)3/h4-7H,1-3H3,(H2,12,14,15). The summed E-state index contributed by atoms with van der Waals surface area (Å²) in [5, 5.41) is 0. The molecule has 0 unspecified atom stereocenters. The lowest BCUT2D eigenvalue weighted by atomic mass is 10.1. The van der Waals surface area contributed by atoms with Crippen LogP contribution in [0.2, 0.25) is 0 Å². The summed E-state index contributed by atoms with van der Waals surface area (Å²) in [4.78, 5) is 12.8. The third kappa shape index (κ3) is 1.88. The number of hydrogen-bond acceptors (Lipinski definition) is 4. The summed E-state index contributed by atoms with van der Waals surface area (Å²) >= 11 is 0. The van der Waals surface area contributed by atoms with Crippen LogP contribution in [0.15, 0.2) is 18.6 Å². The molecule has 2 aromatic heterocycles. The maximum absolute atomic E-state index is 5.77. The van der Waals surface area contributed by atoms with Crippen molar-refractivity contribution in [3.63, 3.8) is 0 Å². The number of hydrogen-bond donors (Lipinski definition) is 1. The Morgan fingerprint density at radius 1 is 1.31 bits per heavy atom. The van der Waals surface area contributed by atoms with Crippen LogP contribution >= 0.6 is 0 Å². The number of aromatic nitrogens is 4. The van der Waals surface area contributed by atoms with E-state index in [2.05, 4.69) is 28.8 Å². The molecule has 0 radical (unpaired) electrons. The third-order valence-corrected chi connectivity index (χ3v) is 2.40. The Morgan fingerprint density at radius 3 is 2.62 bits per heavy atom. The third-order valence-electron chi connectivity index (χ3n) is 2.40. The second-order valence-electron chi connectivity index (χ2n) is 4.09. The first-order chi connectivity index (χ1) is 7.58. The molecule has 0 saturated carbocycles. The Balaban J connectivity index is 2.54. The van der Waals surface area contributed by atoms with E-state index in [4.69, 9.17) is 5.73 Å². The van der Waals surface area contributed by atoms with Crippen LogP contribution in [0.5, 0.6) is 0 Å². The van der Waals surface area contributed by atoms with Crippen LogP contribution in [0.1, 0.15) is 25.5 Å². The predicted octanol–water partition coefficient (Wildman–Crippen LogP) is 1.58. The number of rotatable bonds is 2. The van der Waals surface area contributed by atoms with Crippen molar-refractivity contribution < 1.29 is 0 Å². The highest BCUT2D eigenvalue weighted by atomic mass is 15.1. The topological polar surface area (TPSA) is 69.6 Å². The van der Waals surface area contributed by atoms with Gasteiger partial charge in [-0.1, -0.05) is 13.8 Å². The molecular weight excluding hydrogens is 202 g/mol. The summed E-state index contributed by atoms with van der Waals surface area (Å²) in [5.74, 6) is 1.45. The average Bonchev–Trinajstić information content (AvgIpc) is 2.63. The molecule has 0 amide bonds. The van der Waals surface area contributed by atoms with Gasteiger partial charge in [0.2, 0.25) is 0 Å². The number of nitrogens with two attached hydrogens (primary N) is 1. The van der Waals surface area contributed by atoms with Gasteiger partial charge in [0, 0.05) is 18.8 Å². The first-order valence-corrected chi connectivity index (χ1v) is 5.19. The molecule has 0 atom stereocenters. The summed E-state index contributed by atoms with van der Waals surface area (Å²) in [6.07, 6.45) is 3.45. The van der Waals surface area contributed by atoms with E-state index in [0.29, 0.717) is 17.6 Å². The van der Waals surface area contributed by atoms with Crippen molar-refractivity contribution >= 4 is 5.82 Å². The van der Waals surface area contributed by atoms with Crippen molar-refractivity contribution in [1.82, 2.24) is 19.5 Å². The van der Waals surface area contributed by atoms with Gasteiger partial charge in [0.25, 0.3) is 0 Å². The van der Waals surface area contributed by atoms with Crippen molar-refractivity contribution in [2.75, 3.05) is 5.73 Å². The highest BCUT2D eigenvalue weighted by Crippen LogP contribution is 2.19. The van der Waals surface area contributed by atoms with Crippen molar-refractivity contribution in [2.24, 2.45) is 7.05 Å². The van der Waals surface area contributed by atoms with E-state index in [1.165, 1.54) is 0 Å². The second-order valence-corrected chi connectivity index (χ2v) is 4.09. The molecule has 2 rings (SSSR count). The van der Waals surface area contributed by atoms with Crippen LogP contribution < -0.4 is 5.73 Å². The Hall–Kier alpha value is -1.91. The Labute approximate surface area is 94.4 Å². The van der Waals surface area contributed by atoms with E-state index >= 15 is 0 Å². The molecule has 0 aliphatic heterocycles. The van der Waals surface area contributed by atoms with E-state index in [1.807, 2.05) is 17.7 Å². The summed E-state index contributed by atoms with van der Waals surface area (Å²) in [6, 6.07) is 1.81. The minimum atomic E-state index is 0.331. The highest BCUT2D eigenvalue weighted by Gasteiger charge is 2.10. The summed E-state index contributed by atoms with van der Waals surface area (Å²) < 4.78 is 1.87. The first-order valence-electron chi connectivity index (χ1n) is 5.19. The molecule has 0 fully saturated rings. The van der Waals surface area contributed by atoms with E-state index in [0.717, 1.165) is 11.4 Å². The lowest BCUT2D eigenvalue weighted by Crippen LogP contribution is -2.03. The molecule has 0 spiro atoms. The first kappa shape index (κ1) is 10.6. The summed E-state index contributed by atoms with van der Waals surface area (Å²) in [5.41, 5.74) is 7.59. The van der Waals surface area contributed by atoms with E-state index in [9.17, 15) is 0 Å². The molecule has 2 aromatic rings. The molecule has 2 heterocycles. The Kier molecular flexibility index (Phi) is 2.60. The molecule has 5 heteroatoms. The summed E-state index contributed by atoms with van der Waals surface area (Å²) in [6.45, 7) is 4.16. The largest absolute Gasteiger partial charge is 0.384 e.